The van der Waals surface area contributed by atoms with E-state index in [1.807, 2.05) is 68.4 Å². The summed E-state index contributed by atoms with van der Waals surface area (Å²) in [5.41, 5.74) is 0.308. The Morgan fingerprint density at radius 2 is 1.33 bits per heavy atom. The Kier molecular flexibility index (Phi) is 13.6. The smallest absolute Gasteiger partial charge is 0.251 e. The molecule has 4 aromatic carbocycles. The molecule has 48 heavy (non-hydrogen) atoms. The molecule has 3 atom stereocenters. The van der Waals surface area contributed by atoms with Gasteiger partial charge in [0.15, 0.2) is 0 Å². The van der Waals surface area contributed by atoms with Crippen LogP contribution in [0.25, 0.3) is 10.8 Å². The average Bonchev–Trinajstić information content (AvgIpc) is 3.10. The van der Waals surface area contributed by atoms with Crippen LogP contribution in [0.5, 0.6) is 0 Å². The van der Waals surface area contributed by atoms with Gasteiger partial charge in [0.25, 0.3) is 5.91 Å². The summed E-state index contributed by atoms with van der Waals surface area (Å²) in [6.45, 7) is 11.2. The molecule has 254 valence electrons. The van der Waals surface area contributed by atoms with Crippen LogP contribution in [0.3, 0.4) is 0 Å². The van der Waals surface area contributed by atoms with E-state index in [1.165, 1.54) is 10.4 Å². The molecule has 7 heteroatoms. The summed E-state index contributed by atoms with van der Waals surface area (Å²) in [6, 6.07) is 34.4. The summed E-state index contributed by atoms with van der Waals surface area (Å²) >= 11 is 0. The van der Waals surface area contributed by atoms with Crippen LogP contribution in [0, 0.1) is 11.8 Å². The lowest BCUT2D eigenvalue weighted by atomic mass is 9.97. The van der Waals surface area contributed by atoms with Crippen LogP contribution >= 0.6 is 0 Å². The molecule has 4 aromatic rings. The van der Waals surface area contributed by atoms with E-state index >= 15 is 0 Å². The van der Waals surface area contributed by atoms with Gasteiger partial charge in [0.05, 0.1) is 0 Å². The first-order valence-corrected chi connectivity index (χ1v) is 20.0. The predicted molar refractivity (Wildman–Crippen MR) is 201 cm³/mol. The first-order valence-electron chi connectivity index (χ1n) is 17.7. The highest BCUT2D eigenvalue weighted by molar-refractivity contribution is 7.03. The van der Waals surface area contributed by atoms with Gasteiger partial charge in [-0.1, -0.05) is 149 Å². The second-order valence-corrected chi connectivity index (χ2v) is 17.8. The van der Waals surface area contributed by atoms with E-state index in [9.17, 15) is 14.4 Å². The van der Waals surface area contributed by atoms with Crippen molar-refractivity contribution in [3.05, 3.63) is 109 Å². The lowest BCUT2D eigenvalue weighted by Gasteiger charge is -2.42. The van der Waals surface area contributed by atoms with Gasteiger partial charge in [0.1, 0.15) is 14.1 Å². The topological polar surface area (TPSA) is 87.3 Å². The molecular weight excluding hydrogens is 611 g/mol. The molecule has 0 aliphatic carbocycles. The van der Waals surface area contributed by atoms with E-state index < -0.39 is 14.1 Å². The van der Waals surface area contributed by atoms with Gasteiger partial charge in [-0.3, -0.25) is 14.4 Å². The molecule has 0 aliphatic heterocycles. The van der Waals surface area contributed by atoms with E-state index in [0.717, 1.165) is 36.5 Å². The largest absolute Gasteiger partial charge is 0.356 e. The Hall–Kier alpha value is -4.23. The molecule has 3 N–H and O–H groups in total. The molecule has 0 saturated heterocycles. The molecule has 0 aliphatic rings. The number of carbonyl (C=O) groups excluding carboxylic acids is 3. The van der Waals surface area contributed by atoms with Crippen LogP contribution in [-0.2, 0) is 9.59 Å². The summed E-state index contributed by atoms with van der Waals surface area (Å²) < 4.78 is 0. The van der Waals surface area contributed by atoms with Crippen molar-refractivity contribution in [2.75, 3.05) is 6.54 Å². The zero-order chi connectivity index (χ0) is 34.5. The van der Waals surface area contributed by atoms with Crippen molar-refractivity contribution in [2.45, 2.75) is 84.5 Å². The minimum atomic E-state index is -2.84. The van der Waals surface area contributed by atoms with Crippen LogP contribution in [0.2, 0.25) is 6.04 Å². The Labute approximate surface area is 288 Å². The zero-order valence-electron chi connectivity index (χ0n) is 29.3. The second kappa shape index (κ2) is 17.8. The Bertz CT molecular complexity index is 1590. The third kappa shape index (κ3) is 9.22. The number of hydrogen-bond donors (Lipinski definition) is 3. The van der Waals surface area contributed by atoms with Crippen LogP contribution < -0.4 is 26.3 Å². The van der Waals surface area contributed by atoms with Gasteiger partial charge in [-0.25, -0.2) is 0 Å². The molecule has 0 aromatic heterocycles. The van der Waals surface area contributed by atoms with Gasteiger partial charge >= 0.3 is 0 Å². The van der Waals surface area contributed by atoms with E-state index in [4.69, 9.17) is 0 Å². The number of amides is 3. The molecular formula is C41H53N3O3Si. The number of benzene rings is 4. The number of rotatable bonds is 17. The van der Waals surface area contributed by atoms with Crippen LogP contribution in [0.4, 0.5) is 0 Å². The van der Waals surface area contributed by atoms with Crippen molar-refractivity contribution in [1.29, 1.82) is 0 Å². The van der Waals surface area contributed by atoms with Gasteiger partial charge in [0.2, 0.25) is 11.8 Å². The van der Waals surface area contributed by atoms with E-state index in [1.54, 1.807) is 0 Å². The summed E-state index contributed by atoms with van der Waals surface area (Å²) in [6.07, 6.45) is 3.80. The zero-order valence-corrected chi connectivity index (χ0v) is 30.3. The summed E-state index contributed by atoms with van der Waals surface area (Å²) in [5, 5.41) is 14.2. The first-order chi connectivity index (χ1) is 23.2. The molecule has 4 rings (SSSR count). The van der Waals surface area contributed by atoms with E-state index in [2.05, 4.69) is 85.3 Å². The third-order valence-electron chi connectivity index (χ3n) is 9.59. The molecule has 0 bridgehead atoms. The number of fused-ring (bicyclic) bond motifs is 1. The highest BCUT2D eigenvalue weighted by Gasteiger charge is 2.46. The van der Waals surface area contributed by atoms with Crippen LogP contribution in [0.1, 0.15) is 77.1 Å². The second-order valence-electron chi connectivity index (χ2n) is 13.5. The van der Waals surface area contributed by atoms with Crippen molar-refractivity contribution in [3.8, 4) is 0 Å². The van der Waals surface area contributed by atoms with Gasteiger partial charge in [0, 0.05) is 24.2 Å². The van der Waals surface area contributed by atoms with Gasteiger partial charge in [-0.15, -0.1) is 0 Å². The lowest BCUT2D eigenvalue weighted by Crippen LogP contribution is -2.72. The van der Waals surface area contributed by atoms with Crippen molar-refractivity contribution in [3.63, 3.8) is 0 Å². The number of carbonyl (C=O) groups is 3. The fourth-order valence-corrected chi connectivity index (χ4v) is 12.2. The fourth-order valence-electron chi connectivity index (χ4n) is 6.68. The molecule has 0 heterocycles. The van der Waals surface area contributed by atoms with Gasteiger partial charge < -0.3 is 16.0 Å². The quantitative estimate of drug-likeness (QED) is 0.0877. The Balaban J connectivity index is 1.73. The van der Waals surface area contributed by atoms with Crippen molar-refractivity contribution >= 4 is 46.9 Å². The maximum atomic E-state index is 14.6. The minimum Gasteiger partial charge on any atom is -0.356 e. The Morgan fingerprint density at radius 3 is 1.92 bits per heavy atom. The SMILES string of the molecule is CCCCNC(=O)CC[Si](c1ccccc1)(c1ccccc1)[C@H](CC(C)C)NC(=O)[C@@H](NC(=O)c1ccc2ccccc2c1)[C@@H](C)CC. The average molecular weight is 664 g/mol. The molecule has 0 fully saturated rings. The third-order valence-corrected chi connectivity index (χ3v) is 14.9. The number of unbranched alkanes of at least 4 members (excludes halogenated alkanes) is 1. The number of hydrogen-bond acceptors (Lipinski definition) is 3. The summed E-state index contributed by atoms with van der Waals surface area (Å²) in [5.74, 6) is -0.215. The fraction of sp³-hybridized carbons (Fsp3) is 0.390. The highest BCUT2D eigenvalue weighted by Crippen LogP contribution is 2.25. The minimum absolute atomic E-state index is 0.0435. The van der Waals surface area contributed by atoms with E-state index in [-0.39, 0.29) is 35.2 Å². The Morgan fingerprint density at radius 1 is 0.729 bits per heavy atom. The van der Waals surface area contributed by atoms with Gasteiger partial charge in [-0.2, -0.15) is 0 Å². The number of nitrogens with one attached hydrogen (secondary N) is 3. The highest BCUT2D eigenvalue weighted by atomic mass is 28.3. The van der Waals surface area contributed by atoms with Crippen molar-refractivity contribution in [1.82, 2.24) is 16.0 Å². The standard InChI is InChI=1S/C41H53N3O3Si/c1-6-8-26-42-37(45)25-27-48(35-19-11-9-12-20-35,36-21-13-10-14-22-36)38(28-30(3)4)43-41(47)39(31(5)7-2)44-40(46)34-24-23-32-17-15-16-18-33(32)29-34/h9-24,29-31,38-39H,6-8,25-28H2,1-5H3,(H,42,45)(H,43,47)(H,44,46)/t31-,38+,39-/m0/s1. The molecule has 0 radical (unpaired) electrons. The van der Waals surface area contributed by atoms with Crippen LogP contribution in [-0.4, -0.2) is 44.0 Å². The van der Waals surface area contributed by atoms with Crippen LogP contribution in [0.15, 0.2) is 103 Å². The van der Waals surface area contributed by atoms with Gasteiger partial charge in [-0.05, 0) is 53.6 Å². The lowest BCUT2D eigenvalue weighted by molar-refractivity contribution is -0.124. The summed E-state index contributed by atoms with van der Waals surface area (Å²) in [7, 11) is -2.84. The maximum Gasteiger partial charge on any atom is 0.251 e. The normalized spacial score (nSPS) is 13.5. The molecule has 0 saturated carbocycles. The predicted octanol–water partition coefficient (Wildman–Crippen LogP) is 6.62. The molecule has 0 unspecified atom stereocenters. The monoisotopic (exact) mass is 663 g/mol. The maximum absolute atomic E-state index is 14.6. The molecule has 0 spiro atoms. The van der Waals surface area contributed by atoms with E-state index in [0.29, 0.717) is 24.6 Å². The summed E-state index contributed by atoms with van der Waals surface area (Å²) in [4.78, 5) is 41.5. The molecule has 3 amide bonds. The first kappa shape index (κ1) is 36.6. The molecule has 6 nitrogen and oxygen atoms in total. The van der Waals surface area contributed by atoms with Crippen molar-refractivity contribution in [2.24, 2.45) is 11.8 Å². The van der Waals surface area contributed by atoms with Crippen molar-refractivity contribution < 1.29 is 14.4 Å².